The van der Waals surface area contributed by atoms with Crippen LogP contribution in [-0.2, 0) is 11.3 Å². The van der Waals surface area contributed by atoms with Gasteiger partial charge < -0.3 is 15.2 Å². The molecule has 0 saturated heterocycles. The van der Waals surface area contributed by atoms with Crippen molar-refractivity contribution in [3.63, 3.8) is 0 Å². The van der Waals surface area contributed by atoms with Crippen LogP contribution in [0.2, 0.25) is 10.0 Å². The van der Waals surface area contributed by atoms with E-state index in [0.29, 0.717) is 28.1 Å². The van der Waals surface area contributed by atoms with Gasteiger partial charge in [0.25, 0.3) is 5.91 Å². The summed E-state index contributed by atoms with van der Waals surface area (Å²) < 4.78 is 1.81. The summed E-state index contributed by atoms with van der Waals surface area (Å²) in [6.07, 6.45) is 1.70. The summed E-state index contributed by atoms with van der Waals surface area (Å²) in [7, 11) is 0. The molecule has 0 bridgehead atoms. The minimum atomic E-state index is -0.464. The van der Waals surface area contributed by atoms with Gasteiger partial charge >= 0.3 is 0 Å². The first-order valence-electron chi connectivity index (χ1n) is 9.66. The lowest BCUT2D eigenvalue weighted by molar-refractivity contribution is -0.113. The van der Waals surface area contributed by atoms with Crippen LogP contribution in [0.5, 0.6) is 0 Å². The van der Waals surface area contributed by atoms with Crippen molar-refractivity contribution >= 4 is 52.5 Å². The number of rotatable bonds is 9. The molecule has 10 heteroatoms. The number of allylic oxidation sites excluding steroid dienone is 1. The molecule has 0 saturated carbocycles. The van der Waals surface area contributed by atoms with E-state index in [1.165, 1.54) is 17.8 Å². The number of hydrogen-bond donors (Lipinski definition) is 2. The minimum Gasteiger partial charge on any atom is -0.342 e. The summed E-state index contributed by atoms with van der Waals surface area (Å²) in [5.74, 6) is 0.179. The molecule has 1 aromatic heterocycles. The molecule has 3 rings (SSSR count). The summed E-state index contributed by atoms with van der Waals surface area (Å²) in [5, 5.41) is 15.4. The first-order chi connectivity index (χ1) is 15.4. The summed E-state index contributed by atoms with van der Waals surface area (Å²) in [4.78, 5) is 24.9. The molecule has 2 N–H and O–H groups in total. The maximum atomic E-state index is 12.7. The van der Waals surface area contributed by atoms with Gasteiger partial charge in [0.2, 0.25) is 5.91 Å². The predicted octanol–water partition coefficient (Wildman–Crippen LogP) is 4.99. The molecule has 1 heterocycles. The molecule has 0 aliphatic rings. The van der Waals surface area contributed by atoms with Crippen molar-refractivity contribution in [2.75, 3.05) is 11.1 Å². The average Bonchev–Trinajstić information content (AvgIpc) is 3.16. The van der Waals surface area contributed by atoms with Gasteiger partial charge in [-0.15, -0.1) is 16.8 Å². The molecule has 2 aromatic carbocycles. The van der Waals surface area contributed by atoms with E-state index in [9.17, 15) is 9.59 Å². The number of halogens is 2. The van der Waals surface area contributed by atoms with Crippen molar-refractivity contribution in [1.29, 1.82) is 0 Å². The number of carbonyl (C=O) groups is 2. The molecule has 32 heavy (non-hydrogen) atoms. The van der Waals surface area contributed by atoms with Gasteiger partial charge in [0, 0.05) is 17.3 Å². The summed E-state index contributed by atoms with van der Waals surface area (Å²) in [5.41, 5.74) is 1.04. The highest BCUT2D eigenvalue weighted by Gasteiger charge is 2.21. The van der Waals surface area contributed by atoms with Crippen LogP contribution in [0.4, 0.5) is 5.69 Å². The van der Waals surface area contributed by atoms with Crippen molar-refractivity contribution < 1.29 is 9.59 Å². The van der Waals surface area contributed by atoms with Gasteiger partial charge in [-0.25, -0.2) is 0 Å². The van der Waals surface area contributed by atoms with E-state index in [-0.39, 0.29) is 22.6 Å². The SMILES string of the molecule is C=CCn1c(SCC(=O)Nc2ccccc2)nnc1C(C)NC(=O)c1ccc(Cl)cc1Cl. The fraction of sp³-hybridized carbons (Fsp3) is 0.182. The van der Waals surface area contributed by atoms with Crippen LogP contribution in [0.3, 0.4) is 0 Å². The lowest BCUT2D eigenvalue weighted by Crippen LogP contribution is -2.29. The highest BCUT2D eigenvalue weighted by Crippen LogP contribution is 2.24. The summed E-state index contributed by atoms with van der Waals surface area (Å²) >= 11 is 13.3. The topological polar surface area (TPSA) is 88.9 Å². The van der Waals surface area contributed by atoms with Crippen molar-refractivity contribution in [3.8, 4) is 0 Å². The van der Waals surface area contributed by atoms with Crippen LogP contribution in [0.25, 0.3) is 0 Å². The number of benzene rings is 2. The standard InChI is InChI=1S/C22H21Cl2N5O2S/c1-3-11-29-20(14(2)25-21(31)17-10-9-15(23)12-18(17)24)27-28-22(29)32-13-19(30)26-16-7-5-4-6-8-16/h3-10,12,14H,1,11,13H2,2H3,(H,25,31)(H,26,30). The van der Waals surface area contributed by atoms with Gasteiger partial charge in [0.05, 0.1) is 22.4 Å². The van der Waals surface area contributed by atoms with Crippen molar-refractivity contribution in [3.05, 3.63) is 82.6 Å². The quantitative estimate of drug-likeness (QED) is 0.326. The van der Waals surface area contributed by atoms with Gasteiger partial charge in [-0.1, -0.05) is 59.2 Å². The molecule has 2 amide bonds. The van der Waals surface area contributed by atoms with Crippen LogP contribution in [0.15, 0.2) is 66.3 Å². The highest BCUT2D eigenvalue weighted by molar-refractivity contribution is 7.99. The predicted molar refractivity (Wildman–Crippen MR) is 128 cm³/mol. The molecule has 166 valence electrons. The van der Waals surface area contributed by atoms with Crippen LogP contribution in [-0.4, -0.2) is 32.3 Å². The van der Waals surface area contributed by atoms with E-state index in [1.54, 1.807) is 25.1 Å². The fourth-order valence-electron chi connectivity index (χ4n) is 2.89. The maximum absolute atomic E-state index is 12.7. The van der Waals surface area contributed by atoms with Gasteiger partial charge in [0.1, 0.15) is 0 Å². The maximum Gasteiger partial charge on any atom is 0.253 e. The molecular formula is C22H21Cl2N5O2S. The van der Waals surface area contributed by atoms with Crippen LogP contribution in [0.1, 0.15) is 29.1 Å². The second kappa shape index (κ2) is 11.2. The molecule has 1 unspecified atom stereocenters. The lowest BCUT2D eigenvalue weighted by Gasteiger charge is -2.16. The molecule has 0 aliphatic carbocycles. The van der Waals surface area contributed by atoms with Crippen molar-refractivity contribution in [1.82, 2.24) is 20.1 Å². The number of nitrogens with one attached hydrogen (secondary N) is 2. The van der Waals surface area contributed by atoms with E-state index in [0.717, 1.165) is 5.69 Å². The van der Waals surface area contributed by atoms with Gasteiger partial charge in [-0.05, 0) is 37.3 Å². The normalized spacial score (nSPS) is 11.6. The largest absolute Gasteiger partial charge is 0.342 e. The third kappa shape index (κ3) is 6.12. The molecule has 1 atom stereocenters. The van der Waals surface area contributed by atoms with Crippen LogP contribution in [0, 0.1) is 0 Å². The van der Waals surface area contributed by atoms with Crippen LogP contribution >= 0.6 is 35.0 Å². The second-order valence-electron chi connectivity index (χ2n) is 6.76. The van der Waals surface area contributed by atoms with E-state index in [1.807, 2.05) is 34.9 Å². The Morgan fingerprint density at radius 2 is 1.94 bits per heavy atom. The first-order valence-corrected chi connectivity index (χ1v) is 11.4. The summed E-state index contributed by atoms with van der Waals surface area (Å²) in [6.45, 7) is 5.99. The average molecular weight is 490 g/mol. The summed E-state index contributed by atoms with van der Waals surface area (Å²) in [6, 6.07) is 13.4. The minimum absolute atomic E-state index is 0.158. The number of amides is 2. The van der Waals surface area contributed by atoms with E-state index in [2.05, 4.69) is 27.4 Å². The molecule has 0 spiro atoms. The Bertz CT molecular complexity index is 1120. The molecule has 0 fully saturated rings. The van der Waals surface area contributed by atoms with Crippen LogP contribution < -0.4 is 10.6 Å². The molecule has 7 nitrogen and oxygen atoms in total. The zero-order valence-electron chi connectivity index (χ0n) is 17.2. The number of thioether (sulfide) groups is 1. The Balaban J connectivity index is 1.68. The third-order valence-electron chi connectivity index (χ3n) is 4.36. The fourth-order valence-corrected chi connectivity index (χ4v) is 4.14. The zero-order chi connectivity index (χ0) is 23.1. The Hall–Kier alpha value is -2.81. The lowest BCUT2D eigenvalue weighted by atomic mass is 10.2. The monoisotopic (exact) mass is 489 g/mol. The molecule has 0 radical (unpaired) electrons. The van der Waals surface area contributed by atoms with E-state index >= 15 is 0 Å². The number of hydrogen-bond acceptors (Lipinski definition) is 5. The Labute approximate surface area is 200 Å². The van der Waals surface area contributed by atoms with Gasteiger partial charge in [-0.2, -0.15) is 0 Å². The molecule has 0 aliphatic heterocycles. The Morgan fingerprint density at radius 1 is 1.19 bits per heavy atom. The second-order valence-corrected chi connectivity index (χ2v) is 8.55. The van der Waals surface area contributed by atoms with E-state index in [4.69, 9.17) is 23.2 Å². The van der Waals surface area contributed by atoms with Crippen molar-refractivity contribution in [2.45, 2.75) is 24.7 Å². The number of para-hydroxylation sites is 1. The Kier molecular flexibility index (Phi) is 8.33. The number of aromatic nitrogens is 3. The third-order valence-corrected chi connectivity index (χ3v) is 5.87. The van der Waals surface area contributed by atoms with E-state index < -0.39 is 6.04 Å². The number of carbonyl (C=O) groups excluding carboxylic acids is 2. The van der Waals surface area contributed by atoms with Crippen molar-refractivity contribution in [2.24, 2.45) is 0 Å². The zero-order valence-corrected chi connectivity index (χ0v) is 19.5. The highest BCUT2D eigenvalue weighted by atomic mass is 35.5. The Morgan fingerprint density at radius 3 is 2.62 bits per heavy atom. The first kappa shape index (κ1) is 23.8. The molecular weight excluding hydrogens is 469 g/mol. The van der Waals surface area contributed by atoms with Gasteiger partial charge in [-0.3, -0.25) is 9.59 Å². The number of nitrogens with zero attached hydrogens (tertiary/aromatic N) is 3. The van der Waals surface area contributed by atoms with Gasteiger partial charge in [0.15, 0.2) is 11.0 Å². The molecule has 3 aromatic rings. The smallest absolute Gasteiger partial charge is 0.253 e. The number of anilines is 1.